The molecule has 10 heavy (non-hydrogen) atoms. The Morgan fingerprint density at radius 2 is 2.00 bits per heavy atom. The largest absolute Gasteiger partial charge is 0.324 e. The highest BCUT2D eigenvalue weighted by molar-refractivity contribution is 7.64. The van der Waals surface area contributed by atoms with Crippen LogP contribution < -0.4 is 0 Å². The zero-order valence-electron chi connectivity index (χ0n) is 6.38. The quantitative estimate of drug-likeness (QED) is 0.456. The number of rotatable bonds is 3. The van der Waals surface area contributed by atoms with Crippen molar-refractivity contribution >= 4 is 7.14 Å². The third kappa shape index (κ3) is 1.98. The minimum atomic E-state index is -1.66. The summed E-state index contributed by atoms with van der Waals surface area (Å²) < 4.78 is 11.7. The molecule has 0 aromatic rings. The topological polar surface area (TPSA) is 17.1 Å². The Bertz CT molecular complexity index is 153. The highest BCUT2D eigenvalue weighted by Gasteiger charge is 2.25. The van der Waals surface area contributed by atoms with Gasteiger partial charge < -0.3 is 4.57 Å². The normalized spacial score (nSPS) is 22.8. The van der Waals surface area contributed by atoms with Gasteiger partial charge in [0.15, 0.2) is 0 Å². The lowest BCUT2D eigenvalue weighted by Crippen LogP contribution is -1.89. The van der Waals surface area contributed by atoms with Gasteiger partial charge in [-0.05, 0) is 19.3 Å². The second kappa shape index (κ2) is 3.39. The van der Waals surface area contributed by atoms with Gasteiger partial charge in [0.2, 0.25) is 0 Å². The van der Waals surface area contributed by atoms with Crippen LogP contribution in [0.1, 0.15) is 19.3 Å². The Kier molecular flexibility index (Phi) is 2.73. The minimum absolute atomic E-state index is 0.913. The minimum Gasteiger partial charge on any atom is -0.324 e. The molecule has 2 heteroatoms. The molecule has 0 radical (unpaired) electrons. The van der Waals surface area contributed by atoms with E-state index < -0.39 is 7.14 Å². The van der Waals surface area contributed by atoms with Crippen molar-refractivity contribution in [2.75, 3.05) is 18.5 Å². The maximum absolute atomic E-state index is 11.7. The molecule has 0 aromatic heterocycles. The molecule has 1 nitrogen and oxygen atoms in total. The number of hydrogen-bond acceptors (Lipinski definition) is 1. The van der Waals surface area contributed by atoms with Crippen LogP contribution in [-0.2, 0) is 4.57 Å². The molecular formula is C8H15OP. The van der Waals surface area contributed by atoms with E-state index in [0.717, 1.165) is 24.9 Å². The molecule has 0 spiro atoms. The van der Waals surface area contributed by atoms with E-state index in [-0.39, 0.29) is 0 Å². The van der Waals surface area contributed by atoms with Crippen LogP contribution in [0.15, 0.2) is 12.7 Å². The summed E-state index contributed by atoms with van der Waals surface area (Å²) in [6.07, 6.45) is 8.11. The Morgan fingerprint density at radius 1 is 1.40 bits per heavy atom. The van der Waals surface area contributed by atoms with E-state index in [1.165, 1.54) is 12.8 Å². The fourth-order valence-electron chi connectivity index (χ4n) is 1.46. The van der Waals surface area contributed by atoms with Crippen LogP contribution in [0.2, 0.25) is 0 Å². The van der Waals surface area contributed by atoms with Gasteiger partial charge in [-0.2, -0.15) is 0 Å². The van der Waals surface area contributed by atoms with Gasteiger partial charge in [-0.15, -0.1) is 6.58 Å². The molecule has 0 atom stereocenters. The molecule has 0 amide bonds. The van der Waals surface area contributed by atoms with Gasteiger partial charge in [0.1, 0.15) is 0 Å². The molecule has 1 rings (SSSR count). The van der Waals surface area contributed by atoms with Crippen molar-refractivity contribution in [3.8, 4) is 0 Å². The molecule has 1 aliphatic heterocycles. The first-order chi connectivity index (χ1) is 4.77. The molecule has 1 saturated heterocycles. The monoisotopic (exact) mass is 158 g/mol. The average molecular weight is 158 g/mol. The van der Waals surface area contributed by atoms with Gasteiger partial charge in [-0.25, -0.2) is 0 Å². The Balaban J connectivity index is 2.36. The van der Waals surface area contributed by atoms with E-state index >= 15 is 0 Å². The van der Waals surface area contributed by atoms with Crippen molar-refractivity contribution in [1.82, 2.24) is 0 Å². The van der Waals surface area contributed by atoms with Crippen LogP contribution in [0.3, 0.4) is 0 Å². The highest BCUT2D eigenvalue weighted by atomic mass is 31.2. The van der Waals surface area contributed by atoms with Gasteiger partial charge in [0.25, 0.3) is 0 Å². The van der Waals surface area contributed by atoms with E-state index in [9.17, 15) is 4.57 Å². The lowest BCUT2D eigenvalue weighted by atomic mass is 10.4. The Labute approximate surface area is 62.9 Å². The number of hydrogen-bond donors (Lipinski definition) is 0. The van der Waals surface area contributed by atoms with Crippen molar-refractivity contribution in [2.45, 2.75) is 19.3 Å². The first kappa shape index (κ1) is 8.07. The summed E-state index contributed by atoms with van der Waals surface area (Å²) in [6, 6.07) is 0. The van der Waals surface area contributed by atoms with Crippen LogP contribution in [0.25, 0.3) is 0 Å². The molecule has 1 aliphatic rings. The Morgan fingerprint density at radius 3 is 2.50 bits per heavy atom. The van der Waals surface area contributed by atoms with Crippen molar-refractivity contribution in [2.24, 2.45) is 0 Å². The van der Waals surface area contributed by atoms with Crippen molar-refractivity contribution in [3.63, 3.8) is 0 Å². The zero-order valence-corrected chi connectivity index (χ0v) is 7.28. The van der Waals surface area contributed by atoms with E-state index in [1.54, 1.807) is 0 Å². The molecular weight excluding hydrogens is 143 g/mol. The van der Waals surface area contributed by atoms with Gasteiger partial charge in [-0.3, -0.25) is 0 Å². The van der Waals surface area contributed by atoms with Crippen LogP contribution in [-0.4, -0.2) is 18.5 Å². The first-order valence-electron chi connectivity index (χ1n) is 3.95. The average Bonchev–Trinajstić information content (AvgIpc) is 2.33. The predicted molar refractivity (Wildman–Crippen MR) is 46.3 cm³/mol. The highest BCUT2D eigenvalue weighted by Crippen LogP contribution is 2.52. The smallest absolute Gasteiger partial charge is 0.0880 e. The molecule has 0 aromatic carbocycles. The van der Waals surface area contributed by atoms with Gasteiger partial charge in [0, 0.05) is 18.5 Å². The summed E-state index contributed by atoms with van der Waals surface area (Å²) in [6.45, 7) is 3.63. The second-order valence-corrected chi connectivity index (χ2v) is 6.47. The lowest BCUT2D eigenvalue weighted by Gasteiger charge is -2.07. The van der Waals surface area contributed by atoms with E-state index in [2.05, 4.69) is 6.58 Å². The number of allylic oxidation sites excluding steroid dienone is 1. The molecule has 1 fully saturated rings. The Hall–Kier alpha value is -0.0300. The zero-order chi connectivity index (χ0) is 7.45. The maximum Gasteiger partial charge on any atom is 0.0880 e. The molecule has 58 valence electrons. The van der Waals surface area contributed by atoms with Crippen molar-refractivity contribution in [3.05, 3.63) is 12.7 Å². The van der Waals surface area contributed by atoms with Gasteiger partial charge in [-0.1, -0.05) is 6.08 Å². The SMILES string of the molecule is C=CCCP1(=O)CCCC1. The predicted octanol–water partition coefficient (Wildman–Crippen LogP) is 2.72. The summed E-state index contributed by atoms with van der Waals surface area (Å²) in [5, 5.41) is 0. The van der Waals surface area contributed by atoms with Crippen LogP contribution in [0.4, 0.5) is 0 Å². The van der Waals surface area contributed by atoms with Gasteiger partial charge >= 0.3 is 0 Å². The molecule has 0 saturated carbocycles. The molecule has 0 aliphatic carbocycles. The van der Waals surface area contributed by atoms with Crippen molar-refractivity contribution < 1.29 is 4.57 Å². The fourth-order valence-corrected chi connectivity index (χ4v) is 4.39. The lowest BCUT2D eigenvalue weighted by molar-refractivity contribution is 0.578. The van der Waals surface area contributed by atoms with Crippen LogP contribution in [0.5, 0.6) is 0 Å². The fraction of sp³-hybridized carbons (Fsp3) is 0.750. The van der Waals surface area contributed by atoms with Crippen molar-refractivity contribution in [1.29, 1.82) is 0 Å². The van der Waals surface area contributed by atoms with E-state index in [0.29, 0.717) is 0 Å². The van der Waals surface area contributed by atoms with Gasteiger partial charge in [0.05, 0.1) is 7.14 Å². The third-order valence-corrected chi connectivity index (χ3v) is 5.46. The summed E-state index contributed by atoms with van der Waals surface area (Å²) in [5.74, 6) is 0. The summed E-state index contributed by atoms with van der Waals surface area (Å²) in [4.78, 5) is 0. The maximum atomic E-state index is 11.7. The van der Waals surface area contributed by atoms with Crippen LogP contribution >= 0.6 is 7.14 Å². The first-order valence-corrected chi connectivity index (χ1v) is 6.21. The molecule has 1 heterocycles. The van der Waals surface area contributed by atoms with E-state index in [4.69, 9.17) is 0 Å². The van der Waals surface area contributed by atoms with E-state index in [1.807, 2.05) is 6.08 Å². The van der Waals surface area contributed by atoms with Crippen LogP contribution in [0, 0.1) is 0 Å². The third-order valence-electron chi connectivity index (χ3n) is 2.12. The summed E-state index contributed by atoms with van der Waals surface area (Å²) in [7, 11) is -1.66. The molecule has 0 unspecified atom stereocenters. The summed E-state index contributed by atoms with van der Waals surface area (Å²) in [5.41, 5.74) is 0. The summed E-state index contributed by atoms with van der Waals surface area (Å²) >= 11 is 0. The molecule has 0 bridgehead atoms. The standard InChI is InChI=1S/C8H15OP/c1-2-3-6-10(9)7-4-5-8-10/h2H,1,3-8H2. The second-order valence-electron chi connectivity index (χ2n) is 3.01. The molecule has 0 N–H and O–H groups in total.